The highest BCUT2D eigenvalue weighted by Gasteiger charge is 2.22. The van der Waals surface area contributed by atoms with Gasteiger partial charge in [-0.1, -0.05) is 5.21 Å². The van der Waals surface area contributed by atoms with E-state index in [0.717, 1.165) is 4.68 Å². The lowest BCUT2D eigenvalue weighted by Gasteiger charge is -2.08. The smallest absolute Gasteiger partial charge is 0.282 e. The first-order valence-electron chi connectivity index (χ1n) is 3.76. The van der Waals surface area contributed by atoms with Crippen LogP contribution in [0.1, 0.15) is 42.5 Å². The van der Waals surface area contributed by atoms with Crippen molar-refractivity contribution in [2.45, 2.75) is 26.3 Å². The summed E-state index contributed by atoms with van der Waals surface area (Å²) < 4.78 is 25.9. The van der Waals surface area contributed by atoms with E-state index in [1.54, 1.807) is 13.8 Å². The molecule has 0 spiro atoms. The Balaban J connectivity index is 3.21. The molecule has 4 nitrogen and oxygen atoms in total. The predicted molar refractivity (Wildman–Crippen MR) is 40.8 cm³/mol. The Bertz CT molecular complexity index is 309. The van der Waals surface area contributed by atoms with Crippen molar-refractivity contribution in [3.05, 3.63) is 11.4 Å². The number of halogens is 2. The van der Waals surface area contributed by atoms with Gasteiger partial charge >= 0.3 is 0 Å². The van der Waals surface area contributed by atoms with Crippen LogP contribution in [0.3, 0.4) is 0 Å². The van der Waals surface area contributed by atoms with Crippen molar-refractivity contribution < 1.29 is 13.6 Å². The van der Waals surface area contributed by atoms with Crippen molar-refractivity contribution >= 4 is 6.29 Å². The highest BCUT2D eigenvalue weighted by molar-refractivity contribution is 5.73. The van der Waals surface area contributed by atoms with Crippen LogP contribution in [-0.4, -0.2) is 21.3 Å². The van der Waals surface area contributed by atoms with Crippen LogP contribution in [0, 0.1) is 0 Å². The van der Waals surface area contributed by atoms with Crippen molar-refractivity contribution in [1.82, 2.24) is 15.0 Å². The van der Waals surface area contributed by atoms with Gasteiger partial charge in [-0.3, -0.25) is 4.79 Å². The third-order valence-electron chi connectivity index (χ3n) is 1.57. The molecule has 0 N–H and O–H groups in total. The van der Waals surface area contributed by atoms with Gasteiger partial charge in [0.25, 0.3) is 6.43 Å². The van der Waals surface area contributed by atoms with Crippen LogP contribution in [0.15, 0.2) is 0 Å². The van der Waals surface area contributed by atoms with Gasteiger partial charge in [0.1, 0.15) is 5.69 Å². The molecule has 1 heterocycles. The highest BCUT2D eigenvalue weighted by atomic mass is 19.3. The van der Waals surface area contributed by atoms with Crippen LogP contribution in [-0.2, 0) is 0 Å². The van der Waals surface area contributed by atoms with E-state index in [1.165, 1.54) is 0 Å². The van der Waals surface area contributed by atoms with Crippen LogP contribution in [0.25, 0.3) is 0 Å². The van der Waals surface area contributed by atoms with Gasteiger partial charge in [0.05, 0.1) is 0 Å². The SMILES string of the molecule is CC(C)n1nnc(C=O)c1C(F)F. The number of carbonyl (C=O) groups is 1. The average molecular weight is 189 g/mol. The van der Waals surface area contributed by atoms with Crippen LogP contribution < -0.4 is 0 Å². The number of rotatable bonds is 3. The Morgan fingerprint density at radius 2 is 2.08 bits per heavy atom. The van der Waals surface area contributed by atoms with Gasteiger partial charge in [-0.15, -0.1) is 5.10 Å². The van der Waals surface area contributed by atoms with Gasteiger partial charge in [-0.05, 0) is 13.8 Å². The quantitative estimate of drug-likeness (QED) is 0.678. The van der Waals surface area contributed by atoms with Gasteiger partial charge in [-0.25, -0.2) is 13.5 Å². The first kappa shape index (κ1) is 9.76. The first-order valence-corrected chi connectivity index (χ1v) is 3.76. The molecular weight excluding hydrogens is 180 g/mol. The van der Waals surface area contributed by atoms with E-state index < -0.39 is 12.1 Å². The van der Waals surface area contributed by atoms with Crippen molar-refractivity contribution in [1.29, 1.82) is 0 Å². The number of hydrogen-bond donors (Lipinski definition) is 0. The summed E-state index contributed by atoms with van der Waals surface area (Å²) in [6, 6.07) is -0.231. The average Bonchev–Trinajstić information content (AvgIpc) is 2.46. The number of aldehydes is 1. The van der Waals surface area contributed by atoms with Crippen molar-refractivity contribution in [3.63, 3.8) is 0 Å². The summed E-state index contributed by atoms with van der Waals surface area (Å²) in [5.74, 6) is 0. The van der Waals surface area contributed by atoms with Gasteiger partial charge in [0.2, 0.25) is 0 Å². The Labute approximate surface area is 73.5 Å². The van der Waals surface area contributed by atoms with E-state index >= 15 is 0 Å². The number of hydrogen-bond acceptors (Lipinski definition) is 3. The molecule has 0 atom stereocenters. The fraction of sp³-hybridized carbons (Fsp3) is 0.571. The Kier molecular flexibility index (Phi) is 2.69. The van der Waals surface area contributed by atoms with E-state index in [2.05, 4.69) is 10.3 Å². The zero-order chi connectivity index (χ0) is 10.0. The zero-order valence-corrected chi connectivity index (χ0v) is 7.24. The van der Waals surface area contributed by atoms with Crippen molar-refractivity contribution in [2.75, 3.05) is 0 Å². The highest BCUT2D eigenvalue weighted by Crippen LogP contribution is 2.22. The fourth-order valence-electron chi connectivity index (χ4n) is 0.990. The largest absolute Gasteiger partial charge is 0.296 e. The second-order valence-corrected chi connectivity index (χ2v) is 2.82. The summed E-state index contributed by atoms with van der Waals surface area (Å²) in [4.78, 5) is 10.3. The van der Waals surface area contributed by atoms with Gasteiger partial charge in [-0.2, -0.15) is 0 Å². The molecule has 0 saturated heterocycles. The third-order valence-corrected chi connectivity index (χ3v) is 1.57. The van der Waals surface area contributed by atoms with Crippen molar-refractivity contribution in [3.8, 4) is 0 Å². The molecule has 1 aromatic rings. The molecule has 0 aromatic carbocycles. The molecule has 0 aliphatic rings. The van der Waals surface area contributed by atoms with Crippen LogP contribution in [0.5, 0.6) is 0 Å². The molecule has 0 fully saturated rings. The lowest BCUT2D eigenvalue weighted by atomic mass is 10.3. The maximum atomic E-state index is 12.4. The Hall–Kier alpha value is -1.33. The second-order valence-electron chi connectivity index (χ2n) is 2.82. The molecule has 0 aliphatic carbocycles. The number of alkyl halides is 2. The molecule has 0 unspecified atom stereocenters. The molecule has 0 bridgehead atoms. The summed E-state index contributed by atoms with van der Waals surface area (Å²) in [7, 11) is 0. The van der Waals surface area contributed by atoms with E-state index in [4.69, 9.17) is 0 Å². The molecule has 0 saturated carbocycles. The van der Waals surface area contributed by atoms with Gasteiger partial charge < -0.3 is 0 Å². The normalized spacial score (nSPS) is 11.2. The fourth-order valence-corrected chi connectivity index (χ4v) is 0.990. The number of nitrogens with zero attached hydrogens (tertiary/aromatic N) is 3. The summed E-state index contributed by atoms with van der Waals surface area (Å²) >= 11 is 0. The molecule has 0 radical (unpaired) electrons. The minimum absolute atomic E-state index is 0.231. The summed E-state index contributed by atoms with van der Waals surface area (Å²) in [6.45, 7) is 3.38. The summed E-state index contributed by atoms with van der Waals surface area (Å²) in [5, 5.41) is 6.81. The molecule has 0 amide bonds. The lowest BCUT2D eigenvalue weighted by Crippen LogP contribution is -2.08. The van der Waals surface area contributed by atoms with Crippen LogP contribution in [0.4, 0.5) is 8.78 Å². The standard InChI is InChI=1S/C7H9F2N3O/c1-4(2)12-6(7(8)9)5(3-13)10-11-12/h3-4,7H,1-2H3. The second kappa shape index (κ2) is 3.59. The van der Waals surface area contributed by atoms with Crippen molar-refractivity contribution in [2.24, 2.45) is 0 Å². The molecular formula is C7H9F2N3O. The minimum Gasteiger partial charge on any atom is -0.296 e. The van der Waals surface area contributed by atoms with Crippen LogP contribution >= 0.6 is 0 Å². The molecule has 72 valence electrons. The van der Waals surface area contributed by atoms with Crippen LogP contribution in [0.2, 0.25) is 0 Å². The zero-order valence-electron chi connectivity index (χ0n) is 7.24. The monoisotopic (exact) mass is 189 g/mol. The third kappa shape index (κ3) is 1.71. The molecule has 0 aliphatic heterocycles. The van der Waals surface area contributed by atoms with Gasteiger partial charge in [0.15, 0.2) is 12.0 Å². The Morgan fingerprint density at radius 1 is 1.46 bits per heavy atom. The number of aromatic nitrogens is 3. The minimum atomic E-state index is -2.72. The molecule has 13 heavy (non-hydrogen) atoms. The summed E-state index contributed by atoms with van der Waals surface area (Å²) in [6.07, 6.45) is -2.44. The van der Waals surface area contributed by atoms with E-state index in [9.17, 15) is 13.6 Å². The topological polar surface area (TPSA) is 47.8 Å². The molecule has 6 heteroatoms. The first-order chi connectivity index (χ1) is 6.07. The van der Waals surface area contributed by atoms with Gasteiger partial charge in [0, 0.05) is 6.04 Å². The summed E-state index contributed by atoms with van der Waals surface area (Å²) in [5.41, 5.74) is -0.700. The maximum absolute atomic E-state index is 12.4. The number of carbonyl (C=O) groups excluding carboxylic acids is 1. The Morgan fingerprint density at radius 3 is 2.46 bits per heavy atom. The molecule has 1 aromatic heterocycles. The van der Waals surface area contributed by atoms with E-state index in [-0.39, 0.29) is 18.0 Å². The van der Waals surface area contributed by atoms with E-state index in [1.807, 2.05) is 0 Å². The van der Waals surface area contributed by atoms with E-state index in [0.29, 0.717) is 0 Å². The predicted octanol–water partition coefficient (Wildman–Crippen LogP) is 1.61. The molecule has 1 rings (SSSR count). The lowest BCUT2D eigenvalue weighted by molar-refractivity contribution is 0.109. The maximum Gasteiger partial charge on any atom is 0.282 e.